The zero-order chi connectivity index (χ0) is 11.6. The van der Waals surface area contributed by atoms with Crippen LogP contribution in [0.15, 0.2) is 0 Å². The van der Waals surface area contributed by atoms with Gasteiger partial charge in [0.05, 0.1) is 13.2 Å². The Hall–Kier alpha value is -0.120. The van der Waals surface area contributed by atoms with Gasteiger partial charge in [-0.25, -0.2) is 0 Å². The molecule has 0 bridgehead atoms. The zero-order valence-corrected chi connectivity index (χ0v) is 11.0. The van der Waals surface area contributed by atoms with Crippen LogP contribution in [0.3, 0.4) is 0 Å². The van der Waals surface area contributed by atoms with Crippen molar-refractivity contribution in [1.82, 2.24) is 10.2 Å². The van der Waals surface area contributed by atoms with Gasteiger partial charge in [-0.05, 0) is 39.2 Å². The second-order valence-corrected chi connectivity index (χ2v) is 5.99. The average Bonchev–Trinajstić information content (AvgIpc) is 2.24. The monoisotopic (exact) mass is 226 g/mol. The van der Waals surface area contributed by atoms with E-state index in [1.54, 1.807) is 0 Å². The van der Waals surface area contributed by atoms with Crippen molar-refractivity contribution in [2.75, 3.05) is 32.8 Å². The van der Waals surface area contributed by atoms with Gasteiger partial charge in [0, 0.05) is 24.7 Å². The van der Waals surface area contributed by atoms with Crippen molar-refractivity contribution in [3.8, 4) is 0 Å². The van der Waals surface area contributed by atoms with E-state index in [1.807, 2.05) is 0 Å². The minimum Gasteiger partial charge on any atom is -0.378 e. The largest absolute Gasteiger partial charge is 0.378 e. The molecule has 0 amide bonds. The van der Waals surface area contributed by atoms with E-state index in [0.29, 0.717) is 6.04 Å². The van der Waals surface area contributed by atoms with E-state index in [2.05, 4.69) is 31.0 Å². The molecule has 2 atom stereocenters. The van der Waals surface area contributed by atoms with Crippen molar-refractivity contribution in [3.63, 3.8) is 0 Å². The highest BCUT2D eigenvalue weighted by molar-refractivity contribution is 4.89. The van der Waals surface area contributed by atoms with Gasteiger partial charge in [-0.3, -0.25) is 4.90 Å². The molecule has 0 saturated carbocycles. The lowest BCUT2D eigenvalue weighted by molar-refractivity contribution is -0.0576. The summed E-state index contributed by atoms with van der Waals surface area (Å²) in [5.41, 5.74) is 0.205. The molecule has 1 N–H and O–H groups in total. The highest BCUT2D eigenvalue weighted by Crippen LogP contribution is 2.23. The minimum atomic E-state index is 0.205. The summed E-state index contributed by atoms with van der Waals surface area (Å²) < 4.78 is 5.57. The first kappa shape index (κ1) is 12.3. The lowest BCUT2D eigenvalue weighted by Crippen LogP contribution is -2.58. The molecule has 2 unspecified atom stereocenters. The molecule has 0 aromatic heterocycles. The number of hydrogen-bond donors (Lipinski definition) is 1. The van der Waals surface area contributed by atoms with E-state index in [9.17, 15) is 0 Å². The summed E-state index contributed by atoms with van der Waals surface area (Å²) in [6.45, 7) is 12.2. The first-order chi connectivity index (χ1) is 7.59. The Balaban J connectivity index is 1.91. The summed E-state index contributed by atoms with van der Waals surface area (Å²) in [7, 11) is 0. The van der Waals surface area contributed by atoms with Gasteiger partial charge in [-0.1, -0.05) is 6.92 Å². The van der Waals surface area contributed by atoms with E-state index in [-0.39, 0.29) is 5.54 Å². The zero-order valence-electron chi connectivity index (χ0n) is 11.0. The van der Waals surface area contributed by atoms with Crippen LogP contribution in [-0.4, -0.2) is 49.3 Å². The fraction of sp³-hybridized carbons (Fsp3) is 1.00. The van der Waals surface area contributed by atoms with Crippen LogP contribution in [0.1, 0.15) is 33.6 Å². The van der Waals surface area contributed by atoms with Gasteiger partial charge >= 0.3 is 0 Å². The summed E-state index contributed by atoms with van der Waals surface area (Å²) in [6.07, 6.45) is 2.71. The lowest BCUT2D eigenvalue weighted by atomic mass is 9.91. The standard InChI is InChI=1S/C13H26N2O/c1-11-5-4-6-14-12(11)9-15-7-8-16-10-13(15,2)3/h11-12,14H,4-10H2,1-3H3. The fourth-order valence-corrected chi connectivity index (χ4v) is 2.82. The maximum absolute atomic E-state index is 5.57. The van der Waals surface area contributed by atoms with Crippen molar-refractivity contribution in [1.29, 1.82) is 0 Å². The van der Waals surface area contributed by atoms with Crippen molar-refractivity contribution in [2.24, 2.45) is 5.92 Å². The van der Waals surface area contributed by atoms with Gasteiger partial charge in [0.15, 0.2) is 0 Å². The molecule has 94 valence electrons. The average molecular weight is 226 g/mol. The molecule has 3 nitrogen and oxygen atoms in total. The maximum Gasteiger partial charge on any atom is 0.0645 e. The Morgan fingerprint density at radius 1 is 1.44 bits per heavy atom. The third-order valence-corrected chi connectivity index (χ3v) is 4.16. The topological polar surface area (TPSA) is 24.5 Å². The maximum atomic E-state index is 5.57. The van der Waals surface area contributed by atoms with Crippen LogP contribution >= 0.6 is 0 Å². The number of morpholine rings is 1. The Morgan fingerprint density at radius 3 is 2.94 bits per heavy atom. The van der Waals surface area contributed by atoms with Gasteiger partial charge in [0.1, 0.15) is 0 Å². The molecular formula is C13H26N2O. The molecule has 2 saturated heterocycles. The molecule has 0 spiro atoms. The third kappa shape index (κ3) is 2.76. The Bertz CT molecular complexity index is 230. The number of nitrogens with zero attached hydrogens (tertiary/aromatic N) is 1. The van der Waals surface area contributed by atoms with Crippen molar-refractivity contribution < 1.29 is 4.74 Å². The number of piperidine rings is 1. The van der Waals surface area contributed by atoms with Crippen LogP contribution in [-0.2, 0) is 4.74 Å². The van der Waals surface area contributed by atoms with Crippen LogP contribution in [0.2, 0.25) is 0 Å². The summed E-state index contributed by atoms with van der Waals surface area (Å²) >= 11 is 0. The summed E-state index contributed by atoms with van der Waals surface area (Å²) in [5.74, 6) is 0.812. The molecule has 0 aliphatic carbocycles. The minimum absolute atomic E-state index is 0.205. The highest BCUT2D eigenvalue weighted by atomic mass is 16.5. The number of hydrogen-bond acceptors (Lipinski definition) is 3. The van der Waals surface area contributed by atoms with E-state index in [0.717, 1.165) is 25.7 Å². The summed E-state index contributed by atoms with van der Waals surface area (Å²) in [5, 5.41) is 3.67. The van der Waals surface area contributed by atoms with Crippen LogP contribution in [0.4, 0.5) is 0 Å². The van der Waals surface area contributed by atoms with E-state index >= 15 is 0 Å². The molecule has 2 fully saturated rings. The highest BCUT2D eigenvalue weighted by Gasteiger charge is 2.33. The SMILES string of the molecule is CC1CCCNC1CN1CCOCC1(C)C. The molecule has 2 rings (SSSR count). The van der Waals surface area contributed by atoms with Crippen LogP contribution in [0, 0.1) is 5.92 Å². The summed E-state index contributed by atoms with van der Waals surface area (Å²) in [6, 6.07) is 0.672. The molecule has 3 heteroatoms. The predicted octanol–water partition coefficient (Wildman–Crippen LogP) is 1.49. The second kappa shape index (κ2) is 5.03. The molecule has 0 radical (unpaired) electrons. The van der Waals surface area contributed by atoms with Crippen LogP contribution < -0.4 is 5.32 Å². The van der Waals surface area contributed by atoms with Crippen LogP contribution in [0.25, 0.3) is 0 Å². The quantitative estimate of drug-likeness (QED) is 0.772. The van der Waals surface area contributed by atoms with Gasteiger partial charge in [-0.15, -0.1) is 0 Å². The normalized spacial score (nSPS) is 36.2. The predicted molar refractivity (Wildman–Crippen MR) is 66.7 cm³/mol. The molecule has 2 heterocycles. The van der Waals surface area contributed by atoms with Gasteiger partial charge in [0.2, 0.25) is 0 Å². The number of ether oxygens (including phenoxy) is 1. The molecule has 0 aromatic carbocycles. The smallest absolute Gasteiger partial charge is 0.0645 e. The second-order valence-electron chi connectivity index (χ2n) is 5.99. The van der Waals surface area contributed by atoms with Crippen molar-refractivity contribution >= 4 is 0 Å². The number of nitrogens with one attached hydrogen (secondary N) is 1. The molecule has 2 aliphatic heterocycles. The molecular weight excluding hydrogens is 200 g/mol. The van der Waals surface area contributed by atoms with E-state index in [4.69, 9.17) is 4.74 Å². The fourth-order valence-electron chi connectivity index (χ4n) is 2.82. The van der Waals surface area contributed by atoms with Crippen molar-refractivity contribution in [2.45, 2.75) is 45.2 Å². The summed E-state index contributed by atoms with van der Waals surface area (Å²) in [4.78, 5) is 2.59. The first-order valence-corrected chi connectivity index (χ1v) is 6.66. The van der Waals surface area contributed by atoms with Crippen molar-refractivity contribution in [3.05, 3.63) is 0 Å². The third-order valence-electron chi connectivity index (χ3n) is 4.16. The molecule has 16 heavy (non-hydrogen) atoms. The Labute approximate surface area is 99.5 Å². The first-order valence-electron chi connectivity index (χ1n) is 6.66. The van der Waals surface area contributed by atoms with E-state index < -0.39 is 0 Å². The number of rotatable bonds is 2. The Kier molecular flexibility index (Phi) is 3.88. The van der Waals surface area contributed by atoms with Gasteiger partial charge in [0.25, 0.3) is 0 Å². The molecule has 0 aromatic rings. The Morgan fingerprint density at radius 2 is 2.25 bits per heavy atom. The lowest BCUT2D eigenvalue weighted by Gasteiger charge is -2.45. The van der Waals surface area contributed by atoms with Crippen LogP contribution in [0.5, 0.6) is 0 Å². The molecule has 2 aliphatic rings. The van der Waals surface area contributed by atoms with Gasteiger partial charge in [-0.2, -0.15) is 0 Å². The van der Waals surface area contributed by atoms with Gasteiger partial charge < -0.3 is 10.1 Å². The van der Waals surface area contributed by atoms with E-state index in [1.165, 1.54) is 25.9 Å².